The second-order valence-corrected chi connectivity index (χ2v) is 13.3. The van der Waals surface area contributed by atoms with Crippen molar-refractivity contribution in [3.8, 4) is 0 Å². The number of hydrogen-bond acceptors (Lipinski definition) is 4. The molecule has 3 aromatic rings. The van der Waals surface area contributed by atoms with E-state index < -0.39 is 28.5 Å². The quantitative estimate of drug-likeness (QED) is 0.297. The van der Waals surface area contributed by atoms with Gasteiger partial charge >= 0.3 is 0 Å². The molecule has 1 atom stereocenters. The summed E-state index contributed by atoms with van der Waals surface area (Å²) in [6, 6.07) is 21.7. The first kappa shape index (κ1) is 31.4. The van der Waals surface area contributed by atoms with Crippen molar-refractivity contribution in [2.24, 2.45) is 5.92 Å². The summed E-state index contributed by atoms with van der Waals surface area (Å²) in [5.74, 6) is -0.515. The summed E-state index contributed by atoms with van der Waals surface area (Å²) in [5.41, 5.74) is 3.69. The Bertz CT molecular complexity index is 1390. The monoisotopic (exact) mass is 627 g/mol. The number of para-hydroxylation sites is 1. The van der Waals surface area contributed by atoms with Gasteiger partial charge in [-0.25, -0.2) is 8.42 Å². The van der Waals surface area contributed by atoms with Crippen LogP contribution in [0, 0.1) is 19.8 Å². The Morgan fingerprint density at radius 2 is 1.48 bits per heavy atom. The molecule has 0 heterocycles. The van der Waals surface area contributed by atoms with E-state index in [0.29, 0.717) is 12.2 Å². The van der Waals surface area contributed by atoms with Crippen LogP contribution in [0.2, 0.25) is 0 Å². The molecule has 214 valence electrons. The van der Waals surface area contributed by atoms with E-state index in [0.717, 1.165) is 37.3 Å². The zero-order chi connectivity index (χ0) is 29.4. The Labute approximate surface area is 246 Å². The number of rotatable bonds is 12. The number of aryl methyl sites for hydroxylation is 2. The SMILES string of the molecule is Cc1cccc(C)c1N(CC(=O)N(Cc1ccc(Br)cc1)C(Cc1ccccc1)C(=O)NCC(C)C)S(C)(=O)=O. The minimum atomic E-state index is -3.82. The van der Waals surface area contributed by atoms with Crippen molar-refractivity contribution < 1.29 is 18.0 Å². The first-order chi connectivity index (χ1) is 18.9. The van der Waals surface area contributed by atoms with Crippen LogP contribution in [0.4, 0.5) is 5.69 Å². The molecule has 0 aliphatic rings. The van der Waals surface area contributed by atoms with E-state index >= 15 is 0 Å². The lowest BCUT2D eigenvalue weighted by molar-refractivity contribution is -0.140. The van der Waals surface area contributed by atoms with Gasteiger partial charge in [0, 0.05) is 24.0 Å². The average molecular weight is 629 g/mol. The van der Waals surface area contributed by atoms with Crippen LogP contribution in [0.15, 0.2) is 77.3 Å². The van der Waals surface area contributed by atoms with Crippen LogP contribution < -0.4 is 9.62 Å². The fourth-order valence-electron chi connectivity index (χ4n) is 4.54. The van der Waals surface area contributed by atoms with Crippen molar-refractivity contribution in [3.05, 3.63) is 99.5 Å². The number of halogens is 1. The van der Waals surface area contributed by atoms with Gasteiger partial charge < -0.3 is 10.2 Å². The maximum atomic E-state index is 14.2. The summed E-state index contributed by atoms with van der Waals surface area (Å²) in [4.78, 5) is 29.3. The van der Waals surface area contributed by atoms with Crippen LogP contribution in [-0.4, -0.2) is 50.5 Å². The number of hydrogen-bond donors (Lipinski definition) is 1. The van der Waals surface area contributed by atoms with Crippen molar-refractivity contribution in [2.75, 3.05) is 23.7 Å². The van der Waals surface area contributed by atoms with Crippen molar-refractivity contribution in [2.45, 2.75) is 46.7 Å². The summed E-state index contributed by atoms with van der Waals surface area (Å²) in [6.07, 6.45) is 1.39. The molecule has 0 saturated heterocycles. The number of nitrogens with one attached hydrogen (secondary N) is 1. The van der Waals surface area contributed by atoms with E-state index in [9.17, 15) is 18.0 Å². The van der Waals surface area contributed by atoms with Gasteiger partial charge in [0.05, 0.1) is 11.9 Å². The Hall–Kier alpha value is -3.17. The molecule has 1 unspecified atom stereocenters. The van der Waals surface area contributed by atoms with E-state index in [2.05, 4.69) is 21.2 Å². The molecule has 40 heavy (non-hydrogen) atoms. The third kappa shape index (κ3) is 8.66. The Kier molecular flexibility index (Phi) is 10.9. The summed E-state index contributed by atoms with van der Waals surface area (Å²) < 4.78 is 28.1. The maximum Gasteiger partial charge on any atom is 0.244 e. The van der Waals surface area contributed by atoms with Crippen LogP contribution >= 0.6 is 15.9 Å². The van der Waals surface area contributed by atoms with Crippen LogP contribution in [0.3, 0.4) is 0 Å². The number of carbonyl (C=O) groups excluding carboxylic acids is 2. The molecule has 0 radical (unpaired) electrons. The van der Waals surface area contributed by atoms with Gasteiger partial charge in [-0.2, -0.15) is 0 Å². The van der Waals surface area contributed by atoms with Gasteiger partial charge in [0.25, 0.3) is 0 Å². The molecule has 0 fully saturated rings. The molecule has 7 nitrogen and oxygen atoms in total. The maximum absolute atomic E-state index is 14.2. The largest absolute Gasteiger partial charge is 0.354 e. The number of sulfonamides is 1. The number of nitrogens with zero attached hydrogens (tertiary/aromatic N) is 2. The summed E-state index contributed by atoms with van der Waals surface area (Å²) in [7, 11) is -3.82. The molecule has 2 amide bonds. The number of amides is 2. The fraction of sp³-hybridized carbons (Fsp3) is 0.355. The van der Waals surface area contributed by atoms with Gasteiger partial charge in [-0.05, 0) is 54.2 Å². The minimum Gasteiger partial charge on any atom is -0.354 e. The second-order valence-electron chi connectivity index (χ2n) is 10.5. The molecule has 3 aromatic carbocycles. The highest BCUT2D eigenvalue weighted by molar-refractivity contribution is 9.10. The van der Waals surface area contributed by atoms with Gasteiger partial charge in [-0.15, -0.1) is 0 Å². The van der Waals surface area contributed by atoms with Gasteiger partial charge in [0.2, 0.25) is 21.8 Å². The molecular weight excluding hydrogens is 590 g/mol. The summed E-state index contributed by atoms with van der Waals surface area (Å²) in [6.45, 7) is 7.83. The number of anilines is 1. The predicted molar refractivity (Wildman–Crippen MR) is 165 cm³/mol. The number of benzene rings is 3. The lowest BCUT2D eigenvalue weighted by Crippen LogP contribution is -2.53. The molecule has 0 saturated carbocycles. The van der Waals surface area contributed by atoms with Gasteiger partial charge in [0.15, 0.2) is 0 Å². The van der Waals surface area contributed by atoms with Gasteiger partial charge in [0.1, 0.15) is 12.6 Å². The lowest BCUT2D eigenvalue weighted by atomic mass is 10.0. The first-order valence-corrected chi connectivity index (χ1v) is 15.9. The van der Waals surface area contributed by atoms with Gasteiger partial charge in [-0.3, -0.25) is 13.9 Å². The molecule has 0 bridgehead atoms. The molecule has 0 aliphatic carbocycles. The van der Waals surface area contributed by atoms with Crippen LogP contribution in [0.1, 0.15) is 36.1 Å². The van der Waals surface area contributed by atoms with E-state index in [-0.39, 0.29) is 24.8 Å². The van der Waals surface area contributed by atoms with Crippen LogP contribution in [0.25, 0.3) is 0 Å². The topological polar surface area (TPSA) is 86.8 Å². The molecule has 9 heteroatoms. The van der Waals surface area contributed by atoms with E-state index in [1.807, 2.05) is 100 Å². The Morgan fingerprint density at radius 1 is 0.875 bits per heavy atom. The summed E-state index contributed by atoms with van der Waals surface area (Å²) >= 11 is 3.45. The molecule has 0 spiro atoms. The zero-order valence-electron chi connectivity index (χ0n) is 23.7. The predicted octanol–water partition coefficient (Wildman–Crippen LogP) is 5.24. The smallest absolute Gasteiger partial charge is 0.244 e. The summed E-state index contributed by atoms with van der Waals surface area (Å²) in [5, 5.41) is 2.99. The zero-order valence-corrected chi connectivity index (χ0v) is 26.1. The van der Waals surface area contributed by atoms with E-state index in [1.165, 1.54) is 4.90 Å². The second kappa shape index (κ2) is 13.9. The first-order valence-electron chi connectivity index (χ1n) is 13.3. The third-order valence-corrected chi connectivity index (χ3v) is 8.23. The van der Waals surface area contributed by atoms with E-state index in [1.54, 1.807) is 0 Å². The average Bonchev–Trinajstić information content (AvgIpc) is 2.89. The Balaban J connectivity index is 2.07. The standard InChI is InChI=1S/C31H38BrN3O4S/c1-22(2)19-33-31(37)28(18-25-12-7-6-8-13-25)34(20-26-14-16-27(32)17-15-26)29(36)21-35(40(5,38)39)30-23(3)10-9-11-24(30)4/h6-17,22,28H,18-21H2,1-5H3,(H,33,37). The third-order valence-electron chi connectivity index (χ3n) is 6.59. The minimum absolute atomic E-state index is 0.142. The van der Waals surface area contributed by atoms with Crippen molar-refractivity contribution in [1.29, 1.82) is 0 Å². The number of carbonyl (C=O) groups is 2. The van der Waals surface area contributed by atoms with E-state index in [4.69, 9.17) is 0 Å². The van der Waals surface area contributed by atoms with Crippen molar-refractivity contribution in [1.82, 2.24) is 10.2 Å². The highest BCUT2D eigenvalue weighted by Gasteiger charge is 2.33. The highest BCUT2D eigenvalue weighted by atomic mass is 79.9. The molecule has 0 aliphatic heterocycles. The Morgan fingerprint density at radius 3 is 2.02 bits per heavy atom. The lowest BCUT2D eigenvalue weighted by Gasteiger charge is -2.34. The molecule has 0 aromatic heterocycles. The normalized spacial score (nSPS) is 12.2. The van der Waals surface area contributed by atoms with Crippen molar-refractivity contribution >= 4 is 43.5 Å². The van der Waals surface area contributed by atoms with Crippen molar-refractivity contribution in [3.63, 3.8) is 0 Å². The molecule has 3 rings (SSSR count). The van der Waals surface area contributed by atoms with Crippen LogP contribution in [-0.2, 0) is 32.6 Å². The van der Waals surface area contributed by atoms with Crippen LogP contribution in [0.5, 0.6) is 0 Å². The fourth-order valence-corrected chi connectivity index (χ4v) is 5.77. The van der Waals surface area contributed by atoms with Gasteiger partial charge in [-0.1, -0.05) is 90.4 Å². The molecular formula is C31H38BrN3O4S. The molecule has 1 N–H and O–H groups in total. The highest BCUT2D eigenvalue weighted by Crippen LogP contribution is 2.27.